The average Bonchev–Trinajstić information content (AvgIpc) is 3.19. The van der Waals surface area contributed by atoms with Crippen molar-refractivity contribution >= 4 is 13.8 Å². The summed E-state index contributed by atoms with van der Waals surface area (Å²) in [6.45, 7) is 5.32. The number of nitrogens with zero attached hydrogens (tertiary/aromatic N) is 1. The number of allylic oxidation sites excluding steroid dienone is 6. The molecule has 0 N–H and O–H groups in total. The van der Waals surface area contributed by atoms with Crippen molar-refractivity contribution in [1.82, 2.24) is 0 Å². The molecule has 0 aromatic heterocycles. The van der Waals surface area contributed by atoms with E-state index in [4.69, 9.17) is 18.5 Å². The van der Waals surface area contributed by atoms with E-state index in [1.165, 1.54) is 141 Å². The molecule has 9 heteroatoms. The molecule has 0 aliphatic heterocycles. The fourth-order valence-corrected chi connectivity index (χ4v) is 7.64. The molecule has 0 spiro atoms. The molecule has 8 nitrogen and oxygen atoms in total. The standard InChI is InChI=1S/C50H96NO7P/c1-6-8-10-12-14-16-18-20-22-24-26-27-29-31-33-35-37-39-41-43-50(52)58-49(48-57-59(53,54)56-46-44-51(3,4)5)47-55-45-42-40-38-36-34-32-30-28-25-23-21-19-17-15-13-11-9-7-2/h9,11,15,17,21,23,49H,6-8,10,12-14,16,18-20,22,24-48H2,1-5H3/b11-9-,17-15-,23-21-. The summed E-state index contributed by atoms with van der Waals surface area (Å²) in [5.41, 5.74) is 0. The second-order valence-corrected chi connectivity index (χ2v) is 19.2. The molecule has 0 aliphatic rings. The van der Waals surface area contributed by atoms with E-state index in [0.717, 1.165) is 57.8 Å². The lowest BCUT2D eigenvalue weighted by Gasteiger charge is -2.28. The molecule has 0 amide bonds. The summed E-state index contributed by atoms with van der Waals surface area (Å²) >= 11 is 0. The van der Waals surface area contributed by atoms with Gasteiger partial charge in [-0.05, 0) is 44.9 Å². The van der Waals surface area contributed by atoms with Crippen LogP contribution in [0.25, 0.3) is 0 Å². The lowest BCUT2D eigenvalue weighted by Crippen LogP contribution is -2.37. The Morgan fingerprint density at radius 1 is 0.542 bits per heavy atom. The minimum atomic E-state index is -4.53. The molecule has 0 radical (unpaired) electrons. The highest BCUT2D eigenvalue weighted by molar-refractivity contribution is 7.45. The van der Waals surface area contributed by atoms with E-state index >= 15 is 0 Å². The maximum absolute atomic E-state index is 12.7. The molecule has 2 unspecified atom stereocenters. The number of hydrogen-bond donors (Lipinski definition) is 0. The normalized spacial score (nSPS) is 13.9. The van der Waals surface area contributed by atoms with Gasteiger partial charge < -0.3 is 27.9 Å². The van der Waals surface area contributed by atoms with Crippen LogP contribution in [0.4, 0.5) is 0 Å². The van der Waals surface area contributed by atoms with Gasteiger partial charge in [-0.25, -0.2) is 0 Å². The van der Waals surface area contributed by atoms with Crippen LogP contribution in [0.2, 0.25) is 0 Å². The van der Waals surface area contributed by atoms with Crippen molar-refractivity contribution in [3.8, 4) is 0 Å². The average molecular weight is 854 g/mol. The summed E-state index contributed by atoms with van der Waals surface area (Å²) in [7, 11) is 1.36. The van der Waals surface area contributed by atoms with Crippen LogP contribution >= 0.6 is 7.82 Å². The monoisotopic (exact) mass is 854 g/mol. The van der Waals surface area contributed by atoms with Gasteiger partial charge in [0.2, 0.25) is 0 Å². The lowest BCUT2D eigenvalue weighted by molar-refractivity contribution is -0.870. The van der Waals surface area contributed by atoms with E-state index in [9.17, 15) is 14.3 Å². The molecule has 348 valence electrons. The third-order valence-electron chi connectivity index (χ3n) is 10.7. The zero-order chi connectivity index (χ0) is 43.4. The summed E-state index contributed by atoms with van der Waals surface area (Å²) in [5.74, 6) is -0.333. The zero-order valence-electron chi connectivity index (χ0n) is 39.5. The first-order chi connectivity index (χ1) is 28.6. The van der Waals surface area contributed by atoms with Gasteiger partial charge in [-0.15, -0.1) is 0 Å². The van der Waals surface area contributed by atoms with Gasteiger partial charge in [-0.3, -0.25) is 9.36 Å². The van der Waals surface area contributed by atoms with Crippen molar-refractivity contribution < 1.29 is 37.3 Å². The second kappa shape index (κ2) is 43.4. The molecule has 2 atom stereocenters. The maximum Gasteiger partial charge on any atom is 0.306 e. The number of carbonyl (C=O) groups is 1. The van der Waals surface area contributed by atoms with Gasteiger partial charge in [0.05, 0.1) is 34.4 Å². The van der Waals surface area contributed by atoms with Crippen molar-refractivity contribution in [2.45, 2.75) is 225 Å². The fourth-order valence-electron chi connectivity index (χ4n) is 6.92. The molecular weight excluding hydrogens is 758 g/mol. The van der Waals surface area contributed by atoms with Crippen molar-refractivity contribution in [1.29, 1.82) is 0 Å². The first-order valence-corrected chi connectivity index (χ1v) is 26.2. The number of carbonyl (C=O) groups excluding carboxylic acids is 1. The summed E-state index contributed by atoms with van der Waals surface area (Å²) in [6.07, 6.45) is 51.6. The number of phosphoric acid groups is 1. The number of rotatable bonds is 46. The van der Waals surface area contributed by atoms with E-state index in [-0.39, 0.29) is 25.8 Å². The van der Waals surface area contributed by atoms with Crippen LogP contribution < -0.4 is 4.89 Å². The minimum absolute atomic E-state index is 0.0256. The predicted molar refractivity (Wildman–Crippen MR) is 250 cm³/mol. The molecule has 0 rings (SSSR count). The molecular formula is C50H96NO7P. The van der Waals surface area contributed by atoms with Gasteiger partial charge in [-0.2, -0.15) is 0 Å². The van der Waals surface area contributed by atoms with E-state index in [2.05, 4.69) is 50.3 Å². The molecule has 59 heavy (non-hydrogen) atoms. The first-order valence-electron chi connectivity index (χ1n) is 24.7. The molecule has 0 aromatic carbocycles. The number of phosphoric ester groups is 1. The van der Waals surface area contributed by atoms with Crippen molar-refractivity contribution in [2.75, 3.05) is 54.1 Å². The maximum atomic E-state index is 12.7. The summed E-state index contributed by atoms with van der Waals surface area (Å²) < 4.78 is 34.7. The van der Waals surface area contributed by atoms with Crippen LogP contribution in [-0.2, 0) is 27.9 Å². The van der Waals surface area contributed by atoms with Gasteiger partial charge in [0, 0.05) is 13.0 Å². The highest BCUT2D eigenvalue weighted by atomic mass is 31.2. The SMILES string of the molecule is CC/C=C\C/C=C\C/C=C\CCCCCCCCCCOCC(COP(=O)([O-])OCC[N+](C)(C)C)OC(=O)CCCCCCCCCCCCCCCCCCCCC. The Bertz CT molecular complexity index is 1040. The van der Waals surface area contributed by atoms with Crippen LogP contribution in [0.5, 0.6) is 0 Å². The van der Waals surface area contributed by atoms with Gasteiger partial charge in [-0.1, -0.05) is 204 Å². The van der Waals surface area contributed by atoms with Crippen molar-refractivity contribution in [3.63, 3.8) is 0 Å². The van der Waals surface area contributed by atoms with Crippen molar-refractivity contribution in [3.05, 3.63) is 36.5 Å². The van der Waals surface area contributed by atoms with Crippen LogP contribution in [0.3, 0.4) is 0 Å². The third kappa shape index (κ3) is 47.6. The van der Waals surface area contributed by atoms with Gasteiger partial charge in [0.1, 0.15) is 19.3 Å². The van der Waals surface area contributed by atoms with E-state index in [1.807, 2.05) is 21.1 Å². The molecule has 0 aliphatic carbocycles. The molecule has 0 fully saturated rings. The Morgan fingerprint density at radius 2 is 0.983 bits per heavy atom. The Labute approximate surface area is 365 Å². The summed E-state index contributed by atoms with van der Waals surface area (Å²) in [6, 6.07) is 0. The number of likely N-dealkylation sites (N-methyl/N-ethyl adjacent to an activating group) is 1. The quantitative estimate of drug-likeness (QED) is 0.0198. The zero-order valence-corrected chi connectivity index (χ0v) is 40.4. The van der Waals surface area contributed by atoms with Crippen LogP contribution in [0.15, 0.2) is 36.5 Å². The van der Waals surface area contributed by atoms with Gasteiger partial charge in [0.15, 0.2) is 0 Å². The topological polar surface area (TPSA) is 94.1 Å². The Morgan fingerprint density at radius 3 is 1.47 bits per heavy atom. The van der Waals surface area contributed by atoms with Gasteiger partial charge >= 0.3 is 5.97 Å². The highest BCUT2D eigenvalue weighted by Gasteiger charge is 2.20. The van der Waals surface area contributed by atoms with E-state index in [0.29, 0.717) is 24.1 Å². The number of quaternary nitrogens is 1. The number of ether oxygens (including phenoxy) is 2. The fraction of sp³-hybridized carbons (Fsp3) is 0.860. The summed E-state index contributed by atoms with van der Waals surface area (Å²) in [4.78, 5) is 25.1. The van der Waals surface area contributed by atoms with Crippen molar-refractivity contribution in [2.24, 2.45) is 0 Å². The van der Waals surface area contributed by atoms with Crippen LogP contribution in [0.1, 0.15) is 219 Å². The Balaban J connectivity index is 4.15. The number of hydrogen-bond acceptors (Lipinski definition) is 7. The first kappa shape index (κ1) is 57.7. The van der Waals surface area contributed by atoms with Crippen LogP contribution in [-0.4, -0.2) is 70.7 Å². The molecule has 0 saturated heterocycles. The van der Waals surface area contributed by atoms with Crippen LogP contribution in [0, 0.1) is 0 Å². The molecule has 0 aromatic rings. The summed E-state index contributed by atoms with van der Waals surface area (Å²) in [5, 5.41) is 0. The number of esters is 1. The third-order valence-corrected chi connectivity index (χ3v) is 11.7. The predicted octanol–water partition coefficient (Wildman–Crippen LogP) is 14.3. The van der Waals surface area contributed by atoms with E-state index in [1.54, 1.807) is 0 Å². The largest absolute Gasteiger partial charge is 0.756 e. The molecule has 0 heterocycles. The van der Waals surface area contributed by atoms with Gasteiger partial charge in [0.25, 0.3) is 7.82 Å². The molecule has 0 bridgehead atoms. The molecule has 0 saturated carbocycles. The number of unbranched alkanes of at least 4 members (excludes halogenated alkanes) is 26. The van der Waals surface area contributed by atoms with E-state index < -0.39 is 13.9 Å². The minimum Gasteiger partial charge on any atom is -0.756 e. The second-order valence-electron chi connectivity index (χ2n) is 17.8. The smallest absolute Gasteiger partial charge is 0.306 e. The lowest BCUT2D eigenvalue weighted by atomic mass is 10.0. The highest BCUT2D eigenvalue weighted by Crippen LogP contribution is 2.38. The Hall–Kier alpha value is -1.28. The Kier molecular flexibility index (Phi) is 42.4.